The lowest BCUT2D eigenvalue weighted by Crippen LogP contribution is -2.11. The maximum Gasteiger partial charge on any atom is 0.265 e. The number of rotatable bonds is 4. The number of carbonyl (C=O) groups excluding carboxylic acids is 2. The lowest BCUT2D eigenvalue weighted by atomic mass is 10.1. The van der Waals surface area contributed by atoms with Crippen LogP contribution >= 0.6 is 11.3 Å². The van der Waals surface area contributed by atoms with Crippen molar-refractivity contribution in [3.8, 4) is 10.4 Å². The first-order valence-corrected chi connectivity index (χ1v) is 8.69. The first-order valence-electron chi connectivity index (χ1n) is 7.88. The van der Waals surface area contributed by atoms with Crippen LogP contribution in [-0.2, 0) is 4.79 Å². The number of nitrogens with one attached hydrogen (secondary N) is 2. The average Bonchev–Trinajstić information content (AvgIpc) is 2.97. The molecule has 0 aliphatic rings. The number of carbonyl (C=O) groups is 2. The molecule has 1 heterocycles. The van der Waals surface area contributed by atoms with Crippen LogP contribution in [0.3, 0.4) is 0 Å². The lowest BCUT2D eigenvalue weighted by molar-refractivity contribution is -0.114. The predicted molar refractivity (Wildman–Crippen MR) is 103 cm³/mol. The van der Waals surface area contributed by atoms with Gasteiger partial charge in [0, 0.05) is 23.2 Å². The number of thiophene rings is 1. The number of anilines is 2. The molecule has 2 amide bonds. The molecule has 25 heavy (non-hydrogen) atoms. The largest absolute Gasteiger partial charge is 0.326 e. The summed E-state index contributed by atoms with van der Waals surface area (Å²) in [6.07, 6.45) is 0. The molecule has 0 fully saturated rings. The highest BCUT2D eigenvalue weighted by Crippen LogP contribution is 2.32. The molecule has 0 unspecified atom stereocenters. The number of amides is 2. The maximum atomic E-state index is 12.6. The van der Waals surface area contributed by atoms with Crippen molar-refractivity contribution in [2.45, 2.75) is 13.8 Å². The summed E-state index contributed by atoms with van der Waals surface area (Å²) in [6, 6.07) is 19.0. The average molecular weight is 350 g/mol. The summed E-state index contributed by atoms with van der Waals surface area (Å²) in [5.41, 5.74) is 3.48. The molecule has 3 rings (SSSR count). The quantitative estimate of drug-likeness (QED) is 0.700. The van der Waals surface area contributed by atoms with Crippen molar-refractivity contribution in [1.82, 2.24) is 0 Å². The topological polar surface area (TPSA) is 58.2 Å². The molecule has 0 bridgehead atoms. The van der Waals surface area contributed by atoms with Gasteiger partial charge in [0.15, 0.2) is 0 Å². The van der Waals surface area contributed by atoms with Crippen LogP contribution in [0.25, 0.3) is 10.4 Å². The second-order valence-electron chi connectivity index (χ2n) is 5.70. The molecule has 2 N–H and O–H groups in total. The fraction of sp³-hybridized carbons (Fsp3) is 0.100. The number of hydrogen-bond donors (Lipinski definition) is 2. The molecule has 0 saturated heterocycles. The summed E-state index contributed by atoms with van der Waals surface area (Å²) in [7, 11) is 0. The first kappa shape index (κ1) is 16.9. The zero-order chi connectivity index (χ0) is 17.8. The predicted octanol–water partition coefficient (Wildman–Crippen LogP) is 4.93. The molecular formula is C20H18N2O2S. The zero-order valence-corrected chi connectivity index (χ0v) is 14.8. The van der Waals surface area contributed by atoms with Gasteiger partial charge in [-0.3, -0.25) is 9.59 Å². The number of hydrogen-bond acceptors (Lipinski definition) is 3. The van der Waals surface area contributed by atoms with E-state index in [1.54, 1.807) is 24.3 Å². The van der Waals surface area contributed by atoms with Gasteiger partial charge in [-0.1, -0.05) is 36.4 Å². The molecule has 1 aromatic heterocycles. The molecular weight excluding hydrogens is 332 g/mol. The standard InChI is InChI=1S/C20H18N2O2S/c1-13-11-18(25-19(13)15-7-4-3-5-8-15)20(24)22-17-10-6-9-16(12-17)21-14(2)23/h3-12H,1-2H3,(H,21,23)(H,22,24). The van der Waals surface area contributed by atoms with Gasteiger partial charge in [-0.05, 0) is 42.3 Å². The van der Waals surface area contributed by atoms with E-state index in [1.807, 2.05) is 43.3 Å². The molecule has 0 aliphatic heterocycles. The van der Waals surface area contributed by atoms with Crippen LogP contribution in [0, 0.1) is 6.92 Å². The molecule has 0 saturated carbocycles. The Morgan fingerprint density at radius 2 is 1.56 bits per heavy atom. The Kier molecular flexibility index (Phi) is 4.95. The Morgan fingerprint density at radius 1 is 0.880 bits per heavy atom. The molecule has 0 aliphatic carbocycles. The third-order valence-corrected chi connectivity index (χ3v) is 4.90. The van der Waals surface area contributed by atoms with Crippen LogP contribution in [0.15, 0.2) is 60.7 Å². The van der Waals surface area contributed by atoms with Crippen LogP contribution in [0.1, 0.15) is 22.2 Å². The van der Waals surface area contributed by atoms with Crippen molar-refractivity contribution in [3.63, 3.8) is 0 Å². The number of aryl methyl sites for hydroxylation is 1. The Morgan fingerprint density at radius 3 is 2.24 bits per heavy atom. The lowest BCUT2D eigenvalue weighted by Gasteiger charge is -2.07. The molecule has 0 radical (unpaired) electrons. The van der Waals surface area contributed by atoms with Gasteiger partial charge in [-0.15, -0.1) is 11.3 Å². The Balaban J connectivity index is 1.79. The minimum Gasteiger partial charge on any atom is -0.326 e. The smallest absolute Gasteiger partial charge is 0.265 e. The molecule has 2 aromatic carbocycles. The van der Waals surface area contributed by atoms with Gasteiger partial charge >= 0.3 is 0 Å². The highest BCUT2D eigenvalue weighted by atomic mass is 32.1. The van der Waals surface area contributed by atoms with E-state index in [0.29, 0.717) is 16.3 Å². The van der Waals surface area contributed by atoms with Gasteiger partial charge in [0.05, 0.1) is 4.88 Å². The summed E-state index contributed by atoms with van der Waals surface area (Å²) in [5, 5.41) is 5.59. The van der Waals surface area contributed by atoms with Crippen LogP contribution in [0.4, 0.5) is 11.4 Å². The second kappa shape index (κ2) is 7.32. The molecule has 126 valence electrons. The third kappa shape index (κ3) is 4.14. The molecule has 0 atom stereocenters. The summed E-state index contributed by atoms with van der Waals surface area (Å²) in [4.78, 5) is 25.5. The monoisotopic (exact) mass is 350 g/mol. The van der Waals surface area contributed by atoms with Gasteiger partial charge in [0.2, 0.25) is 5.91 Å². The minimum absolute atomic E-state index is 0.148. The van der Waals surface area contributed by atoms with Crippen molar-refractivity contribution in [3.05, 3.63) is 71.1 Å². The van der Waals surface area contributed by atoms with E-state index in [4.69, 9.17) is 0 Å². The minimum atomic E-state index is -0.157. The van der Waals surface area contributed by atoms with E-state index < -0.39 is 0 Å². The van der Waals surface area contributed by atoms with Gasteiger partial charge in [0.25, 0.3) is 5.91 Å². The third-order valence-electron chi connectivity index (χ3n) is 3.62. The van der Waals surface area contributed by atoms with Crippen molar-refractivity contribution in [2.24, 2.45) is 0 Å². The molecule has 0 spiro atoms. The highest BCUT2D eigenvalue weighted by Gasteiger charge is 2.14. The summed E-state index contributed by atoms with van der Waals surface area (Å²) in [5.74, 6) is -0.305. The molecule has 4 nitrogen and oxygen atoms in total. The summed E-state index contributed by atoms with van der Waals surface area (Å²) < 4.78 is 0. The number of benzene rings is 2. The van der Waals surface area contributed by atoms with Crippen LogP contribution in [0.2, 0.25) is 0 Å². The van der Waals surface area contributed by atoms with Gasteiger partial charge < -0.3 is 10.6 Å². The molecule has 5 heteroatoms. The van der Waals surface area contributed by atoms with Crippen molar-refractivity contribution in [2.75, 3.05) is 10.6 Å². The highest BCUT2D eigenvalue weighted by molar-refractivity contribution is 7.17. The van der Waals surface area contributed by atoms with E-state index in [2.05, 4.69) is 10.6 Å². The van der Waals surface area contributed by atoms with Gasteiger partial charge in [-0.25, -0.2) is 0 Å². The zero-order valence-electron chi connectivity index (χ0n) is 14.0. The van der Waals surface area contributed by atoms with Crippen molar-refractivity contribution in [1.29, 1.82) is 0 Å². The van der Waals surface area contributed by atoms with E-state index in [-0.39, 0.29) is 11.8 Å². The fourth-order valence-electron chi connectivity index (χ4n) is 2.54. The van der Waals surface area contributed by atoms with E-state index >= 15 is 0 Å². The second-order valence-corrected chi connectivity index (χ2v) is 6.76. The SMILES string of the molecule is CC(=O)Nc1cccc(NC(=O)c2cc(C)c(-c3ccccc3)s2)c1. The summed E-state index contributed by atoms with van der Waals surface area (Å²) >= 11 is 1.47. The Labute approximate surface area is 150 Å². The summed E-state index contributed by atoms with van der Waals surface area (Å²) in [6.45, 7) is 3.46. The van der Waals surface area contributed by atoms with Crippen molar-refractivity contribution >= 4 is 34.5 Å². The fourth-order valence-corrected chi connectivity index (χ4v) is 3.61. The van der Waals surface area contributed by atoms with E-state index in [9.17, 15) is 9.59 Å². The van der Waals surface area contributed by atoms with Crippen molar-refractivity contribution < 1.29 is 9.59 Å². The van der Waals surface area contributed by atoms with Crippen LogP contribution < -0.4 is 10.6 Å². The Hall–Kier alpha value is -2.92. The molecule has 3 aromatic rings. The maximum absolute atomic E-state index is 12.6. The van der Waals surface area contributed by atoms with Gasteiger partial charge in [0.1, 0.15) is 0 Å². The van der Waals surface area contributed by atoms with Crippen LogP contribution in [0.5, 0.6) is 0 Å². The Bertz CT molecular complexity index is 916. The van der Waals surface area contributed by atoms with Crippen LogP contribution in [-0.4, -0.2) is 11.8 Å². The normalized spacial score (nSPS) is 10.3. The van der Waals surface area contributed by atoms with Gasteiger partial charge in [-0.2, -0.15) is 0 Å². The first-order chi connectivity index (χ1) is 12.0. The van der Waals surface area contributed by atoms with E-state index in [0.717, 1.165) is 16.0 Å². The van der Waals surface area contributed by atoms with E-state index in [1.165, 1.54) is 18.3 Å².